The minimum Gasteiger partial charge on any atom is -0.466 e. The van der Waals surface area contributed by atoms with E-state index in [-0.39, 0.29) is 17.9 Å². The van der Waals surface area contributed by atoms with Gasteiger partial charge >= 0.3 is 12.1 Å². The Labute approximate surface area is 135 Å². The lowest BCUT2D eigenvalue weighted by atomic mass is 10.1. The number of esters is 1. The molecule has 0 saturated carbocycles. The molecule has 0 aromatic heterocycles. The third-order valence-electron chi connectivity index (χ3n) is 4.25. The molecule has 2 aliphatic rings. The summed E-state index contributed by atoms with van der Waals surface area (Å²) in [6.07, 6.45) is -0.189. The number of hydrogen-bond acceptors (Lipinski definition) is 4. The zero-order chi connectivity index (χ0) is 16.3. The summed E-state index contributed by atoms with van der Waals surface area (Å²) >= 11 is 5.49. The number of carboxylic acid groups (broad SMARTS) is 1. The first-order valence-corrected chi connectivity index (χ1v) is 8.08. The van der Waals surface area contributed by atoms with Gasteiger partial charge in [-0.1, -0.05) is 6.92 Å². The van der Waals surface area contributed by atoms with Crippen LogP contribution in [0.2, 0.25) is 0 Å². The number of ether oxygens (including phenoxy) is 1. The smallest absolute Gasteiger partial charge is 0.407 e. The Morgan fingerprint density at radius 3 is 2.68 bits per heavy atom. The first-order chi connectivity index (χ1) is 10.5. The molecule has 2 saturated heterocycles. The van der Waals surface area contributed by atoms with Crippen molar-refractivity contribution in [1.29, 1.82) is 0 Å². The largest absolute Gasteiger partial charge is 0.466 e. The highest BCUT2D eigenvalue weighted by Crippen LogP contribution is 2.23. The minimum absolute atomic E-state index is 0.0806. The molecular weight excluding hydrogens is 306 g/mol. The third-order valence-corrected chi connectivity index (χ3v) is 4.75. The van der Waals surface area contributed by atoms with Crippen molar-refractivity contribution < 1.29 is 19.4 Å². The summed E-state index contributed by atoms with van der Waals surface area (Å²) in [4.78, 5) is 28.5. The number of carbonyl (C=O) groups excluding carboxylic acids is 1. The van der Waals surface area contributed by atoms with Crippen molar-refractivity contribution in [2.75, 3.05) is 39.3 Å². The fourth-order valence-corrected chi connectivity index (χ4v) is 3.39. The van der Waals surface area contributed by atoms with Crippen LogP contribution in [-0.2, 0) is 9.53 Å². The van der Waals surface area contributed by atoms with Gasteiger partial charge in [0.2, 0.25) is 0 Å². The van der Waals surface area contributed by atoms with Gasteiger partial charge in [0.1, 0.15) is 0 Å². The molecule has 0 radical (unpaired) electrons. The van der Waals surface area contributed by atoms with Crippen molar-refractivity contribution in [1.82, 2.24) is 14.7 Å². The minimum atomic E-state index is -0.887. The van der Waals surface area contributed by atoms with Gasteiger partial charge in [-0.05, 0) is 25.6 Å². The number of thiocarbonyl (C=S) groups is 1. The highest BCUT2D eigenvalue weighted by atomic mass is 32.1. The average Bonchev–Trinajstić information content (AvgIpc) is 2.80. The van der Waals surface area contributed by atoms with Gasteiger partial charge < -0.3 is 24.5 Å². The predicted molar refractivity (Wildman–Crippen MR) is 84.7 cm³/mol. The van der Waals surface area contributed by atoms with Crippen LogP contribution in [0.25, 0.3) is 0 Å². The number of nitrogens with zero attached hydrogens (tertiary/aromatic N) is 3. The van der Waals surface area contributed by atoms with Gasteiger partial charge in [-0.2, -0.15) is 0 Å². The number of carbonyl (C=O) groups is 2. The highest BCUT2D eigenvalue weighted by Gasteiger charge is 2.40. The van der Waals surface area contributed by atoms with Crippen molar-refractivity contribution in [2.24, 2.45) is 5.92 Å². The topological polar surface area (TPSA) is 73.3 Å². The first-order valence-electron chi connectivity index (χ1n) is 7.67. The average molecular weight is 329 g/mol. The Bertz CT molecular complexity index is 459. The summed E-state index contributed by atoms with van der Waals surface area (Å²) < 4.78 is 5.10. The fraction of sp³-hybridized carbons (Fsp3) is 0.786. The molecule has 0 aromatic carbocycles. The van der Waals surface area contributed by atoms with Gasteiger partial charge in [-0.25, -0.2) is 4.79 Å². The molecule has 1 N–H and O–H groups in total. The number of amides is 1. The summed E-state index contributed by atoms with van der Waals surface area (Å²) in [5.41, 5.74) is 0. The normalized spacial score (nSPS) is 22.5. The molecule has 7 nitrogen and oxygen atoms in total. The molecule has 0 aromatic rings. The molecule has 2 fully saturated rings. The van der Waals surface area contributed by atoms with Crippen LogP contribution in [-0.4, -0.2) is 82.4 Å². The van der Waals surface area contributed by atoms with Crippen molar-refractivity contribution in [3.63, 3.8) is 0 Å². The Balaban J connectivity index is 1.98. The Morgan fingerprint density at radius 1 is 1.36 bits per heavy atom. The molecule has 8 heteroatoms. The maximum absolute atomic E-state index is 11.9. The van der Waals surface area contributed by atoms with E-state index >= 15 is 0 Å². The van der Waals surface area contributed by atoms with E-state index < -0.39 is 6.09 Å². The molecule has 22 heavy (non-hydrogen) atoms. The van der Waals surface area contributed by atoms with E-state index in [1.54, 1.807) is 6.92 Å². The van der Waals surface area contributed by atoms with Crippen molar-refractivity contribution in [2.45, 2.75) is 26.3 Å². The van der Waals surface area contributed by atoms with Crippen molar-refractivity contribution in [3.05, 3.63) is 0 Å². The monoisotopic (exact) mass is 329 g/mol. The number of hydrogen-bond donors (Lipinski definition) is 1. The molecule has 0 spiro atoms. The summed E-state index contributed by atoms with van der Waals surface area (Å²) in [7, 11) is 0. The van der Waals surface area contributed by atoms with E-state index in [0.29, 0.717) is 45.8 Å². The molecule has 2 heterocycles. The molecule has 124 valence electrons. The van der Waals surface area contributed by atoms with Crippen LogP contribution in [0.5, 0.6) is 0 Å². The lowest BCUT2D eigenvalue weighted by Gasteiger charge is -2.35. The second-order valence-corrected chi connectivity index (χ2v) is 5.99. The molecule has 2 aliphatic heterocycles. The fourth-order valence-electron chi connectivity index (χ4n) is 3.00. The van der Waals surface area contributed by atoms with Crippen LogP contribution in [0, 0.1) is 5.92 Å². The van der Waals surface area contributed by atoms with E-state index in [9.17, 15) is 9.59 Å². The number of fused-ring (bicyclic) bond motifs is 1. The maximum Gasteiger partial charge on any atom is 0.407 e. The quantitative estimate of drug-likeness (QED) is 0.592. The van der Waals surface area contributed by atoms with Crippen LogP contribution in [0.4, 0.5) is 4.79 Å². The van der Waals surface area contributed by atoms with E-state index in [0.717, 1.165) is 5.11 Å². The van der Waals surface area contributed by atoms with Crippen LogP contribution in [0.1, 0.15) is 20.3 Å². The van der Waals surface area contributed by atoms with Gasteiger partial charge in [-0.3, -0.25) is 4.79 Å². The third kappa shape index (κ3) is 3.43. The van der Waals surface area contributed by atoms with E-state index in [1.165, 1.54) is 4.90 Å². The second kappa shape index (κ2) is 7.13. The molecule has 2 unspecified atom stereocenters. The van der Waals surface area contributed by atoms with E-state index in [1.807, 2.05) is 11.8 Å². The Hall–Kier alpha value is -1.57. The van der Waals surface area contributed by atoms with Gasteiger partial charge in [0, 0.05) is 32.7 Å². The Morgan fingerprint density at radius 2 is 2.09 bits per heavy atom. The summed E-state index contributed by atoms with van der Waals surface area (Å²) in [5.74, 6) is -0.389. The Kier molecular flexibility index (Phi) is 5.44. The zero-order valence-corrected chi connectivity index (χ0v) is 13.8. The lowest BCUT2D eigenvalue weighted by molar-refractivity contribution is -0.148. The summed E-state index contributed by atoms with van der Waals surface area (Å²) in [6.45, 7) is 6.88. The van der Waals surface area contributed by atoms with Crippen LogP contribution < -0.4 is 0 Å². The number of piperazine rings is 1. The van der Waals surface area contributed by atoms with Crippen LogP contribution >= 0.6 is 12.2 Å². The van der Waals surface area contributed by atoms with Gasteiger partial charge in [-0.15, -0.1) is 0 Å². The van der Waals surface area contributed by atoms with Gasteiger partial charge in [0.15, 0.2) is 5.11 Å². The van der Waals surface area contributed by atoms with Crippen LogP contribution in [0.3, 0.4) is 0 Å². The van der Waals surface area contributed by atoms with Crippen LogP contribution in [0.15, 0.2) is 0 Å². The van der Waals surface area contributed by atoms with Gasteiger partial charge in [0.25, 0.3) is 0 Å². The second-order valence-electron chi connectivity index (χ2n) is 5.62. The standard InChI is InChI=1S/C14H23N3O4S/c1-3-10(12(18)21-4-2)7-16-9-11-8-15(14(19)20)5-6-17(11)13(16)22/h10-11H,3-9H2,1-2H3,(H,19,20). The molecule has 0 bridgehead atoms. The molecular formula is C14H23N3O4S. The predicted octanol–water partition coefficient (Wildman–Crippen LogP) is 0.840. The SMILES string of the molecule is CCOC(=O)C(CC)CN1CC2CN(C(=O)O)CCN2C1=S. The first kappa shape index (κ1) is 16.8. The molecule has 1 amide bonds. The number of rotatable bonds is 5. The maximum atomic E-state index is 11.9. The van der Waals surface area contributed by atoms with Gasteiger partial charge in [0.05, 0.1) is 18.6 Å². The molecule has 0 aliphatic carbocycles. The molecule has 2 rings (SSSR count). The summed E-state index contributed by atoms with van der Waals surface area (Å²) in [6, 6.07) is 0.0806. The zero-order valence-electron chi connectivity index (χ0n) is 13.0. The van der Waals surface area contributed by atoms with Crippen molar-refractivity contribution >= 4 is 29.4 Å². The van der Waals surface area contributed by atoms with Crippen molar-refractivity contribution in [3.8, 4) is 0 Å². The lowest BCUT2D eigenvalue weighted by Crippen LogP contribution is -2.53. The highest BCUT2D eigenvalue weighted by molar-refractivity contribution is 7.80. The van der Waals surface area contributed by atoms with E-state index in [2.05, 4.69) is 4.90 Å². The molecule has 2 atom stereocenters. The summed E-state index contributed by atoms with van der Waals surface area (Å²) in [5, 5.41) is 9.83. The van der Waals surface area contributed by atoms with E-state index in [4.69, 9.17) is 22.1 Å².